The first-order chi connectivity index (χ1) is 9.72. The summed E-state index contributed by atoms with van der Waals surface area (Å²) >= 11 is 0. The molecule has 1 N–H and O–H groups in total. The number of nitriles is 1. The number of hydrogen-bond acceptors (Lipinski definition) is 4. The molecular formula is C15H19FN2O2. The van der Waals surface area contributed by atoms with Crippen LogP contribution in [0.2, 0.25) is 0 Å². The van der Waals surface area contributed by atoms with Crippen LogP contribution in [0.1, 0.15) is 24.0 Å². The van der Waals surface area contributed by atoms with Gasteiger partial charge in [0.2, 0.25) is 0 Å². The molecule has 1 atom stereocenters. The van der Waals surface area contributed by atoms with E-state index in [-0.39, 0.29) is 18.3 Å². The van der Waals surface area contributed by atoms with Gasteiger partial charge in [-0.3, -0.25) is 4.90 Å². The number of piperidine rings is 1. The molecule has 0 saturated carbocycles. The number of rotatable bonds is 5. The highest BCUT2D eigenvalue weighted by Crippen LogP contribution is 2.17. The molecule has 0 radical (unpaired) electrons. The minimum atomic E-state index is -0.473. The molecule has 5 heteroatoms. The Morgan fingerprint density at radius 3 is 3.10 bits per heavy atom. The van der Waals surface area contributed by atoms with Gasteiger partial charge in [0.15, 0.2) is 0 Å². The van der Waals surface area contributed by atoms with Crippen molar-refractivity contribution in [1.29, 1.82) is 5.26 Å². The molecule has 1 aliphatic rings. The lowest BCUT2D eigenvalue weighted by Crippen LogP contribution is -2.39. The fourth-order valence-corrected chi connectivity index (χ4v) is 2.53. The first kappa shape index (κ1) is 14.9. The maximum Gasteiger partial charge on any atom is 0.140 e. The van der Waals surface area contributed by atoms with Crippen LogP contribution < -0.4 is 0 Å². The van der Waals surface area contributed by atoms with E-state index >= 15 is 0 Å². The number of aliphatic hydroxyl groups is 1. The average molecular weight is 278 g/mol. The molecular weight excluding hydrogens is 259 g/mol. The average Bonchev–Trinajstić information content (AvgIpc) is 2.47. The van der Waals surface area contributed by atoms with Gasteiger partial charge in [-0.15, -0.1) is 0 Å². The quantitative estimate of drug-likeness (QED) is 0.890. The molecule has 4 nitrogen and oxygen atoms in total. The van der Waals surface area contributed by atoms with Crippen molar-refractivity contribution in [2.75, 3.05) is 26.3 Å². The highest BCUT2D eigenvalue weighted by Gasteiger charge is 2.20. The van der Waals surface area contributed by atoms with E-state index in [1.54, 1.807) is 12.1 Å². The fourth-order valence-electron chi connectivity index (χ4n) is 2.53. The van der Waals surface area contributed by atoms with Crippen molar-refractivity contribution in [2.45, 2.75) is 25.5 Å². The Balaban J connectivity index is 1.94. The standard InChI is InChI=1S/C15H19FN2O2/c16-15-4-3-12(8-13(15)9-17)10-18-5-1-2-14(11-18)20-7-6-19/h3-4,8,14,19H,1-2,5-7,10-11H2/t14-/m1/s1. The van der Waals surface area contributed by atoms with Gasteiger partial charge in [0.25, 0.3) is 0 Å². The molecule has 1 fully saturated rings. The normalized spacial score (nSPS) is 19.8. The van der Waals surface area contributed by atoms with Crippen LogP contribution in [0.25, 0.3) is 0 Å². The Kier molecular flexibility index (Phi) is 5.48. The van der Waals surface area contributed by atoms with E-state index in [4.69, 9.17) is 15.1 Å². The molecule has 1 aliphatic heterocycles. The van der Waals surface area contributed by atoms with E-state index in [0.29, 0.717) is 13.2 Å². The summed E-state index contributed by atoms with van der Waals surface area (Å²) < 4.78 is 18.8. The predicted molar refractivity (Wildman–Crippen MR) is 72.5 cm³/mol. The van der Waals surface area contributed by atoms with Gasteiger partial charge < -0.3 is 9.84 Å². The van der Waals surface area contributed by atoms with Crippen LogP contribution in [0.5, 0.6) is 0 Å². The van der Waals surface area contributed by atoms with Gasteiger partial charge in [-0.25, -0.2) is 4.39 Å². The molecule has 2 rings (SSSR count). The van der Waals surface area contributed by atoms with Crippen LogP contribution in [0, 0.1) is 17.1 Å². The van der Waals surface area contributed by atoms with Gasteiger partial charge in [0.1, 0.15) is 11.9 Å². The Morgan fingerprint density at radius 2 is 2.35 bits per heavy atom. The second-order valence-electron chi connectivity index (χ2n) is 5.02. The number of aliphatic hydroxyl groups excluding tert-OH is 1. The second-order valence-corrected chi connectivity index (χ2v) is 5.02. The molecule has 1 heterocycles. The first-order valence-corrected chi connectivity index (χ1v) is 6.86. The summed E-state index contributed by atoms with van der Waals surface area (Å²) in [6, 6.07) is 6.53. The lowest BCUT2D eigenvalue weighted by Gasteiger charge is -2.32. The topological polar surface area (TPSA) is 56.5 Å². The Bertz CT molecular complexity index is 487. The van der Waals surface area contributed by atoms with Gasteiger partial charge in [-0.05, 0) is 37.1 Å². The summed E-state index contributed by atoms with van der Waals surface area (Å²) in [5.74, 6) is -0.473. The van der Waals surface area contributed by atoms with Gasteiger partial charge in [0.05, 0.1) is 24.9 Å². The molecule has 20 heavy (non-hydrogen) atoms. The second kappa shape index (κ2) is 7.34. The van der Waals surface area contributed by atoms with E-state index in [0.717, 1.165) is 31.5 Å². The largest absolute Gasteiger partial charge is 0.394 e. The number of benzene rings is 1. The summed E-state index contributed by atoms with van der Waals surface area (Å²) in [6.07, 6.45) is 2.19. The smallest absolute Gasteiger partial charge is 0.140 e. The highest BCUT2D eigenvalue weighted by atomic mass is 19.1. The number of halogens is 1. The van der Waals surface area contributed by atoms with Crippen LogP contribution in [-0.4, -0.2) is 42.4 Å². The minimum absolute atomic E-state index is 0.0417. The van der Waals surface area contributed by atoms with Crippen molar-refractivity contribution in [3.05, 3.63) is 35.1 Å². The SMILES string of the molecule is N#Cc1cc(CN2CCC[C@@H](OCCO)C2)ccc1F. The molecule has 0 unspecified atom stereocenters. The zero-order valence-electron chi connectivity index (χ0n) is 11.4. The maximum absolute atomic E-state index is 13.3. The van der Waals surface area contributed by atoms with E-state index in [2.05, 4.69) is 4.90 Å². The third-order valence-corrected chi connectivity index (χ3v) is 3.46. The molecule has 1 saturated heterocycles. The van der Waals surface area contributed by atoms with Crippen molar-refractivity contribution in [3.63, 3.8) is 0 Å². The molecule has 1 aromatic carbocycles. The van der Waals surface area contributed by atoms with Gasteiger partial charge in [0, 0.05) is 13.1 Å². The Morgan fingerprint density at radius 1 is 1.50 bits per heavy atom. The Labute approximate surface area is 118 Å². The molecule has 0 aromatic heterocycles. The van der Waals surface area contributed by atoms with Crippen LogP contribution in [-0.2, 0) is 11.3 Å². The minimum Gasteiger partial charge on any atom is -0.394 e. The van der Waals surface area contributed by atoms with E-state index in [9.17, 15) is 4.39 Å². The molecule has 0 amide bonds. The summed E-state index contributed by atoms with van der Waals surface area (Å²) in [5.41, 5.74) is 1.03. The zero-order chi connectivity index (χ0) is 14.4. The monoisotopic (exact) mass is 278 g/mol. The first-order valence-electron chi connectivity index (χ1n) is 6.86. The highest BCUT2D eigenvalue weighted by molar-refractivity contribution is 5.34. The van der Waals surface area contributed by atoms with Gasteiger partial charge in [-0.1, -0.05) is 6.07 Å². The lowest BCUT2D eigenvalue weighted by atomic mass is 10.1. The summed E-state index contributed by atoms with van der Waals surface area (Å²) in [6.45, 7) is 2.87. The van der Waals surface area contributed by atoms with Crippen molar-refractivity contribution in [3.8, 4) is 6.07 Å². The van der Waals surface area contributed by atoms with Crippen molar-refractivity contribution in [1.82, 2.24) is 4.90 Å². The fraction of sp³-hybridized carbons (Fsp3) is 0.533. The van der Waals surface area contributed by atoms with Crippen molar-refractivity contribution < 1.29 is 14.2 Å². The summed E-state index contributed by atoms with van der Waals surface area (Å²) in [7, 11) is 0. The van der Waals surface area contributed by atoms with Gasteiger partial charge >= 0.3 is 0 Å². The molecule has 0 bridgehead atoms. The van der Waals surface area contributed by atoms with Crippen molar-refractivity contribution in [2.24, 2.45) is 0 Å². The van der Waals surface area contributed by atoms with E-state index in [1.165, 1.54) is 6.07 Å². The predicted octanol–water partition coefficient (Wildman–Crippen LogP) is 1.67. The maximum atomic E-state index is 13.3. The number of nitrogens with zero attached hydrogens (tertiary/aromatic N) is 2. The van der Waals surface area contributed by atoms with Gasteiger partial charge in [-0.2, -0.15) is 5.26 Å². The zero-order valence-corrected chi connectivity index (χ0v) is 11.4. The van der Waals surface area contributed by atoms with E-state index < -0.39 is 5.82 Å². The molecule has 1 aromatic rings. The van der Waals surface area contributed by atoms with Crippen LogP contribution in [0.3, 0.4) is 0 Å². The molecule has 0 aliphatic carbocycles. The summed E-state index contributed by atoms with van der Waals surface area (Å²) in [4.78, 5) is 2.24. The lowest BCUT2D eigenvalue weighted by molar-refractivity contribution is -0.0163. The Hall–Kier alpha value is -1.48. The number of ether oxygens (including phenoxy) is 1. The third kappa shape index (κ3) is 4.01. The number of likely N-dealkylation sites (tertiary alicyclic amines) is 1. The summed E-state index contributed by atoms with van der Waals surface area (Å²) in [5, 5.41) is 17.6. The number of hydrogen-bond donors (Lipinski definition) is 1. The van der Waals surface area contributed by atoms with Crippen LogP contribution in [0.4, 0.5) is 4.39 Å². The van der Waals surface area contributed by atoms with Crippen molar-refractivity contribution >= 4 is 0 Å². The third-order valence-electron chi connectivity index (χ3n) is 3.46. The van der Waals surface area contributed by atoms with Crippen LogP contribution in [0.15, 0.2) is 18.2 Å². The van der Waals surface area contributed by atoms with E-state index in [1.807, 2.05) is 6.07 Å². The molecule has 108 valence electrons. The molecule has 0 spiro atoms. The van der Waals surface area contributed by atoms with Crippen LogP contribution >= 0.6 is 0 Å².